The number of hydrogen-bond acceptors (Lipinski definition) is 5. The molecule has 0 aromatic heterocycles. The van der Waals surface area contributed by atoms with E-state index in [0.717, 1.165) is 11.1 Å². The van der Waals surface area contributed by atoms with Gasteiger partial charge in [-0.15, -0.1) is 0 Å². The van der Waals surface area contributed by atoms with Crippen LogP contribution in [0.5, 0.6) is 5.75 Å². The van der Waals surface area contributed by atoms with Crippen LogP contribution >= 0.6 is 0 Å². The van der Waals surface area contributed by atoms with Crippen LogP contribution in [0.2, 0.25) is 0 Å². The van der Waals surface area contributed by atoms with Crippen LogP contribution in [0, 0.1) is 5.82 Å². The van der Waals surface area contributed by atoms with Crippen molar-refractivity contribution in [2.75, 3.05) is 6.54 Å². The van der Waals surface area contributed by atoms with Gasteiger partial charge in [-0.3, -0.25) is 4.55 Å². The van der Waals surface area contributed by atoms with Crippen molar-refractivity contribution in [3.63, 3.8) is 0 Å². The topological polar surface area (TPSA) is 122 Å². The predicted octanol–water partition coefficient (Wildman–Crippen LogP) is 1.72. The molecule has 2 aromatic carbocycles. The molecule has 7 nitrogen and oxygen atoms in total. The van der Waals surface area contributed by atoms with E-state index >= 15 is 0 Å². The summed E-state index contributed by atoms with van der Waals surface area (Å²) in [6.07, 6.45) is 3.14. The lowest BCUT2D eigenvalue weighted by atomic mass is 9.95. The van der Waals surface area contributed by atoms with Crippen LogP contribution in [0.3, 0.4) is 0 Å². The van der Waals surface area contributed by atoms with Gasteiger partial charge in [-0.1, -0.05) is 42.5 Å². The quantitative estimate of drug-likeness (QED) is 0.325. The van der Waals surface area contributed by atoms with Crippen LogP contribution in [0.25, 0.3) is 0 Å². The second kappa shape index (κ2) is 10.8. The number of phenols is 1. The molecule has 31 heavy (non-hydrogen) atoms. The molecule has 166 valence electrons. The molecule has 0 aliphatic heterocycles. The zero-order valence-corrected chi connectivity index (χ0v) is 17.4. The summed E-state index contributed by atoms with van der Waals surface area (Å²) in [5.41, 5.74) is 2.27. The molecule has 0 amide bonds. The first-order chi connectivity index (χ1) is 14.8. The third kappa shape index (κ3) is 6.79. The fourth-order valence-electron chi connectivity index (χ4n) is 3.38. The van der Waals surface area contributed by atoms with Gasteiger partial charge in [0.15, 0.2) is 0 Å². The largest absolute Gasteiger partial charge is 0.508 e. The molecule has 6 N–H and O–H groups in total. The van der Waals surface area contributed by atoms with Crippen LogP contribution in [0.1, 0.15) is 17.2 Å². The normalized spacial score (nSPS) is 21.4. The molecule has 0 saturated carbocycles. The minimum atomic E-state index is -2.31. The van der Waals surface area contributed by atoms with Crippen molar-refractivity contribution in [3.05, 3.63) is 89.3 Å². The Balaban J connectivity index is 1.71. The summed E-state index contributed by atoms with van der Waals surface area (Å²) in [7, 11) is 0. The Hall–Kier alpha value is -2.40. The fraction of sp³-hybridized carbons (Fsp3) is 0.273. The summed E-state index contributed by atoms with van der Waals surface area (Å²) in [5, 5.41) is 33.4. The summed E-state index contributed by atoms with van der Waals surface area (Å²) < 4.78 is 35.6. The number of halogens is 1. The molecular formula is C22H25FN2O5S. The Morgan fingerprint density at radius 1 is 1.10 bits per heavy atom. The first-order valence-electron chi connectivity index (χ1n) is 9.71. The molecular weight excluding hydrogens is 423 g/mol. The number of hydrogen-bond donors (Lipinski definition) is 6. The second-order valence-corrected chi connectivity index (χ2v) is 8.04. The highest BCUT2D eigenvalue weighted by Crippen LogP contribution is 2.22. The molecule has 3 rings (SSSR count). The number of benzene rings is 2. The lowest BCUT2D eigenvalue weighted by Crippen LogP contribution is -2.41. The maximum Gasteiger partial charge on any atom is 0.232 e. The molecule has 5 unspecified atom stereocenters. The highest BCUT2D eigenvalue weighted by atomic mass is 32.2. The van der Waals surface area contributed by atoms with Crippen molar-refractivity contribution in [3.8, 4) is 5.75 Å². The lowest BCUT2D eigenvalue weighted by molar-refractivity contribution is 0.186. The number of rotatable bonds is 9. The number of phenolic OH excluding ortho intramolecular Hbond substituents is 1. The highest BCUT2D eigenvalue weighted by molar-refractivity contribution is 7.77. The van der Waals surface area contributed by atoms with Gasteiger partial charge in [-0.05, 0) is 47.4 Å². The summed E-state index contributed by atoms with van der Waals surface area (Å²) in [5.74, 6) is -0.182. The van der Waals surface area contributed by atoms with Crippen LogP contribution in [-0.4, -0.2) is 48.9 Å². The first kappa shape index (κ1) is 23.3. The van der Waals surface area contributed by atoms with E-state index in [1.807, 2.05) is 0 Å². The molecule has 0 saturated heterocycles. The molecule has 1 aliphatic carbocycles. The van der Waals surface area contributed by atoms with E-state index in [2.05, 4.69) is 10.0 Å². The van der Waals surface area contributed by atoms with Crippen LogP contribution < -0.4 is 10.0 Å². The Bertz CT molecular complexity index is 949. The Kier molecular flexibility index (Phi) is 8.08. The van der Waals surface area contributed by atoms with Gasteiger partial charge in [0.2, 0.25) is 11.3 Å². The summed E-state index contributed by atoms with van der Waals surface area (Å²) >= 11 is -2.31. The van der Waals surface area contributed by atoms with Crippen molar-refractivity contribution in [1.29, 1.82) is 0 Å². The summed E-state index contributed by atoms with van der Waals surface area (Å²) in [6.45, 7) is 0.161. The third-order valence-electron chi connectivity index (χ3n) is 5.05. The lowest BCUT2D eigenvalue weighted by Gasteiger charge is -2.26. The third-order valence-corrected chi connectivity index (χ3v) is 5.53. The Morgan fingerprint density at radius 2 is 1.77 bits per heavy atom. The van der Waals surface area contributed by atoms with E-state index in [0.29, 0.717) is 12.0 Å². The maximum atomic E-state index is 13.2. The number of aliphatic hydroxyl groups is 2. The SMILES string of the molecule is O=S(O)NC1C=C(C(O)CNC(Cc2ccc(F)cc2)c2ccc(O)cc2)C=CC1O. The van der Waals surface area contributed by atoms with Crippen molar-refractivity contribution in [2.45, 2.75) is 30.7 Å². The predicted molar refractivity (Wildman–Crippen MR) is 116 cm³/mol. The minimum absolute atomic E-state index is 0.139. The molecule has 0 fully saturated rings. The van der Waals surface area contributed by atoms with Crippen LogP contribution in [0.15, 0.2) is 72.3 Å². The fourth-order valence-corrected chi connectivity index (χ4v) is 3.82. The van der Waals surface area contributed by atoms with E-state index in [4.69, 9.17) is 4.55 Å². The first-order valence-corrected chi connectivity index (χ1v) is 10.8. The molecule has 1 aliphatic rings. The van der Waals surface area contributed by atoms with Gasteiger partial charge in [-0.25, -0.2) is 13.3 Å². The van der Waals surface area contributed by atoms with E-state index < -0.39 is 29.5 Å². The summed E-state index contributed by atoms with van der Waals surface area (Å²) in [4.78, 5) is 0. The Labute approximate surface area is 182 Å². The van der Waals surface area contributed by atoms with Crippen molar-refractivity contribution in [1.82, 2.24) is 10.0 Å². The second-order valence-electron chi connectivity index (χ2n) is 7.31. The average molecular weight is 449 g/mol. The molecule has 0 radical (unpaired) electrons. The smallest absolute Gasteiger partial charge is 0.232 e. The summed E-state index contributed by atoms with van der Waals surface area (Å²) in [6, 6.07) is 11.8. The van der Waals surface area contributed by atoms with E-state index in [1.54, 1.807) is 42.5 Å². The van der Waals surface area contributed by atoms with Gasteiger partial charge in [-0.2, -0.15) is 0 Å². The standard InChI is InChI=1S/C22H25FN2O5S/c23-17-6-1-14(2-7-17)11-19(15-3-8-18(26)9-4-15)24-13-22(28)16-5-10-21(27)20(12-16)25-31(29)30/h1-10,12,19-22,24-28H,11,13H2,(H,29,30). The van der Waals surface area contributed by atoms with Gasteiger partial charge in [0.1, 0.15) is 11.6 Å². The van der Waals surface area contributed by atoms with Gasteiger partial charge < -0.3 is 20.6 Å². The van der Waals surface area contributed by atoms with Crippen molar-refractivity contribution >= 4 is 11.3 Å². The average Bonchev–Trinajstić information content (AvgIpc) is 2.74. The highest BCUT2D eigenvalue weighted by Gasteiger charge is 2.23. The molecule has 2 aromatic rings. The molecule has 0 bridgehead atoms. The van der Waals surface area contributed by atoms with Gasteiger partial charge in [0.25, 0.3) is 0 Å². The molecule has 5 atom stereocenters. The van der Waals surface area contributed by atoms with Crippen molar-refractivity contribution < 1.29 is 28.5 Å². The van der Waals surface area contributed by atoms with Crippen LogP contribution in [0.4, 0.5) is 4.39 Å². The van der Waals surface area contributed by atoms with E-state index in [9.17, 15) is 23.9 Å². The number of aromatic hydroxyl groups is 1. The Morgan fingerprint density at radius 3 is 2.42 bits per heavy atom. The maximum absolute atomic E-state index is 13.2. The van der Waals surface area contributed by atoms with Crippen LogP contribution in [-0.2, 0) is 17.7 Å². The van der Waals surface area contributed by atoms with E-state index in [-0.39, 0.29) is 24.2 Å². The zero-order valence-electron chi connectivity index (χ0n) is 16.6. The van der Waals surface area contributed by atoms with E-state index in [1.165, 1.54) is 24.3 Å². The van der Waals surface area contributed by atoms with Gasteiger partial charge in [0.05, 0.1) is 18.2 Å². The molecule has 9 heteroatoms. The molecule has 0 spiro atoms. The molecule has 0 heterocycles. The van der Waals surface area contributed by atoms with Gasteiger partial charge >= 0.3 is 0 Å². The van der Waals surface area contributed by atoms with Gasteiger partial charge in [0, 0.05) is 12.6 Å². The monoisotopic (exact) mass is 448 g/mol. The number of nitrogens with one attached hydrogen (secondary N) is 2. The number of aliphatic hydroxyl groups excluding tert-OH is 2. The van der Waals surface area contributed by atoms with Crippen molar-refractivity contribution in [2.24, 2.45) is 0 Å². The zero-order chi connectivity index (χ0) is 22.4. The minimum Gasteiger partial charge on any atom is -0.508 e.